The molecule has 1 nitrogen and oxygen atoms in total. The molecule has 0 aromatic heterocycles. The second-order valence-electron chi connectivity index (χ2n) is 4.75. The molecule has 0 saturated heterocycles. The number of aliphatic hydroxyl groups is 1. The average Bonchev–Trinajstić information content (AvgIpc) is 2.61. The minimum absolute atomic E-state index is 0.0127. The van der Waals surface area contributed by atoms with Crippen LogP contribution in [0.1, 0.15) is 25.7 Å². The quantitative estimate of drug-likeness (QED) is 0.633. The van der Waals surface area contributed by atoms with E-state index in [2.05, 4.69) is 15.9 Å². The summed E-state index contributed by atoms with van der Waals surface area (Å²) in [6.07, 6.45) is 5.31. The first kappa shape index (κ1) is 7.81. The molecule has 0 unspecified atom stereocenters. The highest BCUT2D eigenvalue weighted by Gasteiger charge is 2.58. The van der Waals surface area contributed by atoms with Gasteiger partial charge in [-0.3, -0.25) is 0 Å². The highest BCUT2D eigenvalue weighted by molar-refractivity contribution is 9.09. The fourth-order valence-corrected chi connectivity index (χ4v) is 5.38. The fourth-order valence-electron chi connectivity index (χ4n) is 4.02. The Morgan fingerprint density at radius 2 is 1.83 bits per heavy atom. The summed E-state index contributed by atoms with van der Waals surface area (Å²) in [5.74, 6) is 3.23. The number of fused-ring (bicyclic) bond motifs is 5. The molecule has 0 heterocycles. The van der Waals surface area contributed by atoms with E-state index in [1.165, 1.54) is 19.3 Å². The van der Waals surface area contributed by atoms with Crippen LogP contribution in [0.15, 0.2) is 0 Å². The Kier molecular flexibility index (Phi) is 1.61. The summed E-state index contributed by atoms with van der Waals surface area (Å²) in [6, 6.07) is 0. The lowest BCUT2D eigenvalue weighted by Gasteiger charge is -2.27. The lowest BCUT2D eigenvalue weighted by molar-refractivity contribution is 0.0647. The fraction of sp³-hybridized carbons (Fsp3) is 1.00. The molecule has 0 aromatic rings. The van der Waals surface area contributed by atoms with Crippen LogP contribution in [-0.2, 0) is 0 Å². The summed E-state index contributed by atoms with van der Waals surface area (Å²) in [5, 5.41) is 9.81. The summed E-state index contributed by atoms with van der Waals surface area (Å²) in [6.45, 7) is 0. The predicted octanol–water partition coefficient (Wildman–Crippen LogP) is 2.18. The maximum atomic E-state index is 9.81. The van der Waals surface area contributed by atoms with E-state index in [9.17, 15) is 5.11 Å². The molecule has 3 saturated carbocycles. The third-order valence-corrected chi connectivity index (χ3v) is 5.69. The Balaban J connectivity index is 1.94. The second-order valence-corrected chi connectivity index (χ2v) is 5.80. The van der Waals surface area contributed by atoms with E-state index in [1.54, 1.807) is 0 Å². The van der Waals surface area contributed by atoms with Gasteiger partial charge in [-0.15, -0.1) is 0 Å². The Bertz CT molecular complexity index is 204. The van der Waals surface area contributed by atoms with Crippen LogP contribution in [0.5, 0.6) is 0 Å². The standard InChI is InChI=1S/C10H15BrO/c11-10-7-4-8(12)9(10)6-3-1-2-5(6)7/h5-10,12H,1-4H2/t5-,6+,7-,8+,9-,10-/m1/s1. The van der Waals surface area contributed by atoms with E-state index in [0.29, 0.717) is 10.7 Å². The Labute approximate surface area is 81.7 Å². The molecule has 0 amide bonds. The maximum Gasteiger partial charge on any atom is 0.0585 e. The van der Waals surface area contributed by atoms with Crippen molar-refractivity contribution in [3.8, 4) is 0 Å². The number of aliphatic hydroxyl groups excluding tert-OH is 1. The Morgan fingerprint density at radius 1 is 1.08 bits per heavy atom. The third kappa shape index (κ3) is 0.784. The van der Waals surface area contributed by atoms with Crippen molar-refractivity contribution in [2.24, 2.45) is 23.7 Å². The molecule has 0 spiro atoms. The van der Waals surface area contributed by atoms with Crippen molar-refractivity contribution in [1.82, 2.24) is 0 Å². The molecule has 3 rings (SSSR count). The second kappa shape index (κ2) is 2.48. The van der Waals surface area contributed by atoms with Gasteiger partial charge < -0.3 is 5.11 Å². The first-order valence-electron chi connectivity index (χ1n) is 5.11. The molecule has 3 fully saturated rings. The molecular weight excluding hydrogens is 216 g/mol. The largest absolute Gasteiger partial charge is 0.393 e. The van der Waals surface area contributed by atoms with Crippen LogP contribution in [0.2, 0.25) is 0 Å². The van der Waals surface area contributed by atoms with Crippen LogP contribution in [-0.4, -0.2) is 16.0 Å². The molecule has 0 radical (unpaired) electrons. The molecule has 2 heteroatoms. The molecule has 3 aliphatic carbocycles. The van der Waals surface area contributed by atoms with Crippen molar-refractivity contribution in [1.29, 1.82) is 0 Å². The van der Waals surface area contributed by atoms with Crippen molar-refractivity contribution in [3.05, 3.63) is 0 Å². The van der Waals surface area contributed by atoms with Gasteiger partial charge in [0.15, 0.2) is 0 Å². The first-order valence-corrected chi connectivity index (χ1v) is 6.03. The Hall–Kier alpha value is 0.440. The number of alkyl halides is 1. The zero-order chi connectivity index (χ0) is 8.29. The smallest absolute Gasteiger partial charge is 0.0585 e. The predicted molar refractivity (Wildman–Crippen MR) is 51.1 cm³/mol. The van der Waals surface area contributed by atoms with Gasteiger partial charge in [-0.1, -0.05) is 22.4 Å². The van der Waals surface area contributed by atoms with E-state index in [0.717, 1.165) is 24.2 Å². The van der Waals surface area contributed by atoms with E-state index in [4.69, 9.17) is 0 Å². The van der Waals surface area contributed by atoms with Gasteiger partial charge in [-0.05, 0) is 37.0 Å². The highest BCUT2D eigenvalue weighted by Crippen LogP contribution is 2.60. The zero-order valence-electron chi connectivity index (χ0n) is 7.12. The van der Waals surface area contributed by atoms with E-state index in [1.807, 2.05) is 0 Å². The van der Waals surface area contributed by atoms with Crippen LogP contribution in [0.25, 0.3) is 0 Å². The summed E-state index contributed by atoms with van der Waals surface area (Å²) in [4.78, 5) is 0.641. The molecule has 6 atom stereocenters. The monoisotopic (exact) mass is 230 g/mol. The topological polar surface area (TPSA) is 20.2 Å². The van der Waals surface area contributed by atoms with Crippen LogP contribution < -0.4 is 0 Å². The molecule has 1 N–H and O–H groups in total. The molecule has 68 valence electrons. The van der Waals surface area contributed by atoms with Crippen molar-refractivity contribution in [3.63, 3.8) is 0 Å². The van der Waals surface area contributed by atoms with Crippen LogP contribution in [0.3, 0.4) is 0 Å². The van der Waals surface area contributed by atoms with Gasteiger partial charge >= 0.3 is 0 Å². The third-order valence-electron chi connectivity index (χ3n) is 4.40. The van der Waals surface area contributed by atoms with Gasteiger partial charge in [0.2, 0.25) is 0 Å². The number of hydrogen-bond donors (Lipinski definition) is 1. The highest BCUT2D eigenvalue weighted by atomic mass is 79.9. The molecule has 2 bridgehead atoms. The maximum absolute atomic E-state index is 9.81. The zero-order valence-corrected chi connectivity index (χ0v) is 8.70. The minimum atomic E-state index is 0.0127. The molecule has 12 heavy (non-hydrogen) atoms. The van der Waals surface area contributed by atoms with Crippen LogP contribution in [0, 0.1) is 23.7 Å². The van der Waals surface area contributed by atoms with Gasteiger partial charge in [0, 0.05) is 10.7 Å². The average molecular weight is 231 g/mol. The van der Waals surface area contributed by atoms with Crippen molar-refractivity contribution in [2.75, 3.05) is 0 Å². The van der Waals surface area contributed by atoms with Crippen molar-refractivity contribution >= 4 is 15.9 Å². The lowest BCUT2D eigenvalue weighted by Crippen LogP contribution is -2.28. The Morgan fingerprint density at radius 3 is 2.67 bits per heavy atom. The van der Waals surface area contributed by atoms with E-state index < -0.39 is 0 Å². The van der Waals surface area contributed by atoms with Gasteiger partial charge in [-0.2, -0.15) is 0 Å². The van der Waals surface area contributed by atoms with Gasteiger partial charge in [0.25, 0.3) is 0 Å². The lowest BCUT2D eigenvalue weighted by atomic mass is 9.80. The minimum Gasteiger partial charge on any atom is -0.393 e. The van der Waals surface area contributed by atoms with E-state index >= 15 is 0 Å². The summed E-state index contributed by atoms with van der Waals surface area (Å²) >= 11 is 3.77. The van der Waals surface area contributed by atoms with Gasteiger partial charge in [-0.25, -0.2) is 0 Å². The molecular formula is C10H15BrO. The van der Waals surface area contributed by atoms with Gasteiger partial charge in [0.1, 0.15) is 0 Å². The van der Waals surface area contributed by atoms with Crippen LogP contribution >= 0.6 is 15.9 Å². The molecule has 0 aromatic carbocycles. The summed E-state index contributed by atoms with van der Waals surface area (Å²) in [5.41, 5.74) is 0. The van der Waals surface area contributed by atoms with Crippen molar-refractivity contribution < 1.29 is 5.11 Å². The summed E-state index contributed by atoms with van der Waals surface area (Å²) in [7, 11) is 0. The molecule has 3 aliphatic rings. The normalized spacial score (nSPS) is 62.5. The van der Waals surface area contributed by atoms with Crippen LogP contribution in [0.4, 0.5) is 0 Å². The SMILES string of the molecule is O[C@H]1C[C@H]2[C@@H](Br)[C@@H]1[C@H]1CCC[C@@H]21. The first-order chi connectivity index (χ1) is 5.79. The summed E-state index contributed by atoms with van der Waals surface area (Å²) < 4.78 is 0. The van der Waals surface area contributed by atoms with Gasteiger partial charge in [0.05, 0.1) is 6.10 Å². The number of halogens is 1. The number of hydrogen-bond acceptors (Lipinski definition) is 1. The van der Waals surface area contributed by atoms with E-state index in [-0.39, 0.29) is 6.10 Å². The van der Waals surface area contributed by atoms with Crippen molar-refractivity contribution in [2.45, 2.75) is 36.6 Å². The number of rotatable bonds is 0. The molecule has 0 aliphatic heterocycles.